The lowest BCUT2D eigenvalue weighted by Crippen LogP contribution is -2.53. The van der Waals surface area contributed by atoms with Gasteiger partial charge in [0.1, 0.15) is 0 Å². The molecular formula is C23H38N4O2. The highest BCUT2D eigenvalue weighted by Crippen LogP contribution is 2.26. The van der Waals surface area contributed by atoms with E-state index in [1.807, 2.05) is 0 Å². The number of aliphatic imine (C=N–C) groups is 1. The van der Waals surface area contributed by atoms with Gasteiger partial charge in [0.15, 0.2) is 5.96 Å². The maximum Gasteiger partial charge on any atom is 0.193 e. The molecule has 0 saturated carbocycles. The number of nitrogens with one attached hydrogen (secondary N) is 2. The van der Waals surface area contributed by atoms with Crippen LogP contribution in [0.1, 0.15) is 44.7 Å². The molecule has 1 aromatic rings. The fraction of sp³-hybridized carbons (Fsp3) is 0.696. The van der Waals surface area contributed by atoms with Gasteiger partial charge in [-0.15, -0.1) is 0 Å². The van der Waals surface area contributed by atoms with E-state index in [-0.39, 0.29) is 11.6 Å². The molecule has 0 aliphatic carbocycles. The van der Waals surface area contributed by atoms with Gasteiger partial charge >= 0.3 is 0 Å². The van der Waals surface area contributed by atoms with Crippen molar-refractivity contribution in [1.82, 2.24) is 15.5 Å². The van der Waals surface area contributed by atoms with Crippen molar-refractivity contribution in [1.29, 1.82) is 0 Å². The molecule has 0 spiro atoms. The summed E-state index contributed by atoms with van der Waals surface area (Å²) in [6.45, 7) is 10.3. The largest absolute Gasteiger partial charge is 0.381 e. The van der Waals surface area contributed by atoms with E-state index in [9.17, 15) is 0 Å². The molecule has 2 N–H and O–H groups in total. The van der Waals surface area contributed by atoms with Crippen molar-refractivity contribution in [3.8, 4) is 0 Å². The molecule has 29 heavy (non-hydrogen) atoms. The van der Waals surface area contributed by atoms with E-state index < -0.39 is 0 Å². The highest BCUT2D eigenvalue weighted by atomic mass is 16.5. The number of ether oxygens (including phenoxy) is 2. The molecule has 0 amide bonds. The van der Waals surface area contributed by atoms with Crippen LogP contribution in [0.25, 0.3) is 0 Å². The second-order valence-electron chi connectivity index (χ2n) is 8.45. The highest BCUT2D eigenvalue weighted by Gasteiger charge is 2.34. The molecule has 0 radical (unpaired) electrons. The summed E-state index contributed by atoms with van der Waals surface area (Å²) in [4.78, 5) is 7.33. The quantitative estimate of drug-likeness (QED) is 0.517. The Morgan fingerprint density at radius 2 is 1.97 bits per heavy atom. The smallest absolute Gasteiger partial charge is 0.193 e. The first-order valence-corrected chi connectivity index (χ1v) is 11.1. The van der Waals surface area contributed by atoms with Gasteiger partial charge in [-0.1, -0.05) is 30.3 Å². The van der Waals surface area contributed by atoms with Crippen molar-refractivity contribution in [3.05, 3.63) is 35.9 Å². The molecule has 2 aliphatic rings. The maximum atomic E-state index is 5.67. The molecule has 2 fully saturated rings. The molecule has 2 atom stereocenters. The summed E-state index contributed by atoms with van der Waals surface area (Å²) in [6, 6.07) is 10.9. The zero-order valence-electron chi connectivity index (χ0n) is 18.3. The van der Waals surface area contributed by atoms with Crippen LogP contribution in [0.15, 0.2) is 35.3 Å². The van der Waals surface area contributed by atoms with E-state index >= 15 is 0 Å². The molecule has 0 aromatic heterocycles. The molecule has 2 unspecified atom stereocenters. The Labute approximate surface area is 176 Å². The minimum Gasteiger partial charge on any atom is -0.381 e. The zero-order chi connectivity index (χ0) is 20.5. The fourth-order valence-corrected chi connectivity index (χ4v) is 4.29. The maximum absolute atomic E-state index is 5.67. The van der Waals surface area contributed by atoms with Crippen LogP contribution in [0, 0.1) is 5.92 Å². The number of benzene rings is 1. The van der Waals surface area contributed by atoms with Crippen molar-refractivity contribution in [2.45, 2.75) is 44.7 Å². The van der Waals surface area contributed by atoms with Gasteiger partial charge in [0.2, 0.25) is 0 Å². The Morgan fingerprint density at radius 1 is 1.21 bits per heavy atom. The van der Waals surface area contributed by atoms with E-state index in [1.165, 1.54) is 5.56 Å². The summed E-state index contributed by atoms with van der Waals surface area (Å²) in [7, 11) is 2.14. The molecule has 162 valence electrons. The lowest BCUT2D eigenvalue weighted by Gasteiger charge is -2.40. The number of nitrogens with zero attached hydrogens (tertiary/aromatic N) is 2. The second kappa shape index (κ2) is 11.0. The zero-order valence-corrected chi connectivity index (χ0v) is 18.3. The lowest BCUT2D eigenvalue weighted by atomic mass is 9.88. The van der Waals surface area contributed by atoms with Crippen LogP contribution < -0.4 is 10.6 Å². The number of hydrogen-bond donors (Lipinski definition) is 2. The SMILES string of the molecule is CCNC(=NCC1(NC(C)c2ccccc2)CCOCC1)N(C)CC1CCOC1. The van der Waals surface area contributed by atoms with Crippen LogP contribution in [0.5, 0.6) is 0 Å². The van der Waals surface area contributed by atoms with Gasteiger partial charge < -0.3 is 25.0 Å². The van der Waals surface area contributed by atoms with Gasteiger partial charge in [-0.25, -0.2) is 0 Å². The van der Waals surface area contributed by atoms with Gasteiger partial charge in [0, 0.05) is 57.5 Å². The molecule has 2 saturated heterocycles. The van der Waals surface area contributed by atoms with Crippen molar-refractivity contribution >= 4 is 5.96 Å². The number of rotatable bonds is 8. The van der Waals surface area contributed by atoms with E-state index in [0.717, 1.165) is 71.3 Å². The van der Waals surface area contributed by atoms with Crippen molar-refractivity contribution in [2.24, 2.45) is 10.9 Å². The molecular weight excluding hydrogens is 364 g/mol. The molecule has 1 aromatic carbocycles. The third-order valence-electron chi connectivity index (χ3n) is 6.06. The minimum absolute atomic E-state index is 0.0362. The van der Waals surface area contributed by atoms with Crippen LogP contribution in [0.3, 0.4) is 0 Å². The van der Waals surface area contributed by atoms with Crippen molar-refractivity contribution in [3.63, 3.8) is 0 Å². The summed E-state index contributed by atoms with van der Waals surface area (Å²) in [6.07, 6.45) is 3.10. The molecule has 0 bridgehead atoms. The second-order valence-corrected chi connectivity index (χ2v) is 8.45. The summed E-state index contributed by atoms with van der Waals surface area (Å²) in [5, 5.41) is 7.38. The predicted molar refractivity (Wildman–Crippen MR) is 118 cm³/mol. The Morgan fingerprint density at radius 3 is 2.62 bits per heavy atom. The summed E-state index contributed by atoms with van der Waals surface area (Å²) >= 11 is 0. The van der Waals surface area contributed by atoms with Crippen LogP contribution >= 0.6 is 0 Å². The third-order valence-corrected chi connectivity index (χ3v) is 6.06. The number of guanidine groups is 1. The minimum atomic E-state index is -0.0362. The van der Waals surface area contributed by atoms with Gasteiger partial charge in [-0.05, 0) is 38.7 Å². The Hall–Kier alpha value is -1.63. The average Bonchev–Trinajstić information content (AvgIpc) is 3.25. The van der Waals surface area contributed by atoms with E-state index in [2.05, 4.69) is 66.8 Å². The number of hydrogen-bond acceptors (Lipinski definition) is 4. The first kappa shape index (κ1) is 22.1. The highest BCUT2D eigenvalue weighted by molar-refractivity contribution is 5.79. The third kappa shape index (κ3) is 6.43. The summed E-state index contributed by atoms with van der Waals surface area (Å²) in [5.74, 6) is 1.58. The predicted octanol–water partition coefficient (Wildman–Crippen LogP) is 2.82. The van der Waals surface area contributed by atoms with Crippen LogP contribution in [-0.2, 0) is 9.47 Å². The summed E-state index contributed by atoms with van der Waals surface area (Å²) < 4.78 is 11.2. The molecule has 2 aliphatic heterocycles. The molecule has 3 rings (SSSR count). The first-order valence-electron chi connectivity index (χ1n) is 11.1. The Kier molecular flexibility index (Phi) is 8.33. The van der Waals surface area contributed by atoms with Gasteiger partial charge in [-0.2, -0.15) is 0 Å². The first-order chi connectivity index (χ1) is 14.1. The normalized spacial score (nSPS) is 23.0. The van der Waals surface area contributed by atoms with Crippen molar-refractivity contribution < 1.29 is 9.47 Å². The van der Waals surface area contributed by atoms with E-state index in [4.69, 9.17) is 14.5 Å². The summed E-state index contributed by atoms with van der Waals surface area (Å²) in [5.41, 5.74) is 1.28. The van der Waals surface area contributed by atoms with E-state index in [0.29, 0.717) is 5.92 Å². The fourth-order valence-electron chi connectivity index (χ4n) is 4.29. The lowest BCUT2D eigenvalue weighted by molar-refractivity contribution is 0.0373. The van der Waals surface area contributed by atoms with Crippen molar-refractivity contribution in [2.75, 3.05) is 53.1 Å². The monoisotopic (exact) mass is 402 g/mol. The van der Waals surface area contributed by atoms with Crippen LogP contribution in [-0.4, -0.2) is 69.5 Å². The van der Waals surface area contributed by atoms with Gasteiger partial charge in [0.05, 0.1) is 13.2 Å². The molecule has 6 heteroatoms. The standard InChI is InChI=1S/C23H38N4O2/c1-4-24-22(27(3)16-20-10-13-29-17-20)25-18-23(11-14-28-15-12-23)26-19(2)21-8-6-5-7-9-21/h5-9,19-20,26H,4,10-18H2,1-3H3,(H,24,25). The van der Waals surface area contributed by atoms with Crippen LogP contribution in [0.4, 0.5) is 0 Å². The van der Waals surface area contributed by atoms with E-state index in [1.54, 1.807) is 0 Å². The molecule has 2 heterocycles. The van der Waals surface area contributed by atoms with Crippen LogP contribution in [0.2, 0.25) is 0 Å². The van der Waals surface area contributed by atoms with Gasteiger partial charge in [0.25, 0.3) is 0 Å². The Bertz CT molecular complexity index is 625. The van der Waals surface area contributed by atoms with Gasteiger partial charge in [-0.3, -0.25) is 4.99 Å². The molecule has 6 nitrogen and oxygen atoms in total. The Balaban J connectivity index is 1.69. The topological polar surface area (TPSA) is 58.1 Å². The average molecular weight is 403 g/mol.